The molecule has 100 valence electrons. The molecular weight excluding hydrogens is 385 g/mol. The van der Waals surface area contributed by atoms with E-state index in [4.69, 9.17) is 16.3 Å². The third kappa shape index (κ3) is 4.88. The molecule has 1 rings (SSSR count). The third-order valence-corrected chi connectivity index (χ3v) is 4.04. The van der Waals surface area contributed by atoms with E-state index in [1.807, 2.05) is 0 Å². The first-order valence-electron chi connectivity index (χ1n) is 5.39. The fraction of sp³-hybridized carbons (Fsp3) is 0.417. The first-order valence-corrected chi connectivity index (χ1v) is 7.68. The van der Waals surface area contributed by atoms with Crippen molar-refractivity contribution in [2.24, 2.45) is 0 Å². The number of benzene rings is 1. The van der Waals surface area contributed by atoms with Gasteiger partial charge in [-0.25, -0.2) is 0 Å². The second-order valence-corrected chi connectivity index (χ2v) is 5.67. The minimum absolute atomic E-state index is 0.0417. The van der Waals surface area contributed by atoms with Crippen LogP contribution in [0.2, 0.25) is 5.02 Å². The lowest BCUT2D eigenvalue weighted by atomic mass is 10.2. The van der Waals surface area contributed by atoms with E-state index in [0.717, 1.165) is 6.42 Å². The molecule has 0 aromatic heterocycles. The van der Waals surface area contributed by atoms with Crippen molar-refractivity contribution in [2.75, 3.05) is 19.0 Å². The van der Waals surface area contributed by atoms with E-state index in [2.05, 4.69) is 37.2 Å². The van der Waals surface area contributed by atoms with Crippen LogP contribution in [0.1, 0.15) is 16.8 Å². The van der Waals surface area contributed by atoms with Gasteiger partial charge in [0.1, 0.15) is 0 Å². The van der Waals surface area contributed by atoms with Crippen LogP contribution in [0.15, 0.2) is 22.7 Å². The van der Waals surface area contributed by atoms with Gasteiger partial charge in [-0.3, -0.25) is 4.79 Å². The van der Waals surface area contributed by atoms with Gasteiger partial charge in [0.05, 0.1) is 5.56 Å². The van der Waals surface area contributed by atoms with Crippen LogP contribution in [0.3, 0.4) is 0 Å². The van der Waals surface area contributed by atoms with Gasteiger partial charge in [-0.05, 0) is 40.5 Å². The van der Waals surface area contributed by atoms with E-state index in [1.54, 1.807) is 25.3 Å². The Morgan fingerprint density at radius 3 is 2.83 bits per heavy atom. The molecule has 0 aliphatic carbocycles. The first kappa shape index (κ1) is 16.0. The number of rotatable bonds is 6. The summed E-state index contributed by atoms with van der Waals surface area (Å²) < 4.78 is 5.69. The summed E-state index contributed by atoms with van der Waals surface area (Å²) in [5.41, 5.74) is 0.572. The summed E-state index contributed by atoms with van der Waals surface area (Å²) in [5.74, 6) is -0.126. The van der Waals surface area contributed by atoms with Crippen molar-refractivity contribution < 1.29 is 9.53 Å². The number of halogens is 3. The Morgan fingerprint density at radius 2 is 2.28 bits per heavy atom. The summed E-state index contributed by atoms with van der Waals surface area (Å²) in [7, 11) is 1.64. The SMILES string of the molecule is COCCC(CBr)NC(=O)c1ccc(Cl)cc1Br. The molecule has 0 heterocycles. The van der Waals surface area contributed by atoms with Crippen molar-refractivity contribution in [2.45, 2.75) is 12.5 Å². The molecule has 1 atom stereocenters. The maximum absolute atomic E-state index is 12.1. The van der Waals surface area contributed by atoms with Gasteiger partial charge in [0.15, 0.2) is 0 Å². The van der Waals surface area contributed by atoms with Crippen molar-refractivity contribution in [1.82, 2.24) is 5.32 Å². The Bertz CT molecular complexity index is 415. The lowest BCUT2D eigenvalue weighted by Gasteiger charge is -2.16. The molecule has 0 saturated heterocycles. The maximum atomic E-state index is 12.1. The number of methoxy groups -OCH3 is 1. The molecule has 1 aromatic rings. The van der Waals surface area contributed by atoms with Crippen LogP contribution >= 0.6 is 43.5 Å². The Kier molecular flexibility index (Phi) is 7.22. The Morgan fingerprint density at radius 1 is 1.56 bits per heavy atom. The van der Waals surface area contributed by atoms with Crippen LogP contribution in [0.5, 0.6) is 0 Å². The molecule has 1 N–H and O–H groups in total. The Labute approximate surface area is 128 Å². The molecule has 0 saturated carbocycles. The number of hydrogen-bond acceptors (Lipinski definition) is 2. The number of ether oxygens (including phenoxy) is 1. The third-order valence-electron chi connectivity index (χ3n) is 2.37. The second kappa shape index (κ2) is 8.15. The molecular formula is C12H14Br2ClNO2. The topological polar surface area (TPSA) is 38.3 Å². The van der Waals surface area contributed by atoms with Crippen LogP contribution < -0.4 is 5.32 Å². The minimum atomic E-state index is -0.126. The Hall–Kier alpha value is -0.100. The zero-order chi connectivity index (χ0) is 13.5. The van der Waals surface area contributed by atoms with Crippen LogP contribution in [-0.2, 0) is 4.74 Å². The molecule has 3 nitrogen and oxygen atoms in total. The van der Waals surface area contributed by atoms with E-state index in [1.165, 1.54) is 0 Å². The van der Waals surface area contributed by atoms with Gasteiger partial charge in [-0.15, -0.1) is 0 Å². The number of carbonyl (C=O) groups excluding carboxylic acids is 1. The van der Waals surface area contributed by atoms with Crippen LogP contribution in [0.4, 0.5) is 0 Å². The van der Waals surface area contributed by atoms with Crippen molar-refractivity contribution in [1.29, 1.82) is 0 Å². The van der Waals surface area contributed by atoms with E-state index in [0.29, 0.717) is 27.0 Å². The summed E-state index contributed by atoms with van der Waals surface area (Å²) in [5, 5.41) is 4.22. The number of alkyl halides is 1. The number of nitrogens with one attached hydrogen (secondary N) is 1. The van der Waals surface area contributed by atoms with Crippen molar-refractivity contribution >= 4 is 49.4 Å². The van der Waals surface area contributed by atoms with Crippen LogP contribution in [0, 0.1) is 0 Å². The molecule has 0 aliphatic heterocycles. The molecule has 0 bridgehead atoms. The quantitative estimate of drug-likeness (QED) is 0.742. The molecule has 1 unspecified atom stereocenters. The zero-order valence-corrected chi connectivity index (χ0v) is 13.8. The lowest BCUT2D eigenvalue weighted by Crippen LogP contribution is -2.37. The maximum Gasteiger partial charge on any atom is 0.252 e. The molecule has 0 spiro atoms. The van der Waals surface area contributed by atoms with Crippen molar-refractivity contribution in [3.05, 3.63) is 33.3 Å². The standard InChI is InChI=1S/C12H14Br2ClNO2/c1-18-5-4-9(7-13)16-12(17)10-3-2-8(15)6-11(10)14/h2-3,6,9H,4-5,7H2,1H3,(H,16,17). The first-order chi connectivity index (χ1) is 8.58. The minimum Gasteiger partial charge on any atom is -0.385 e. The van der Waals surface area contributed by atoms with Gasteiger partial charge in [-0.1, -0.05) is 27.5 Å². The summed E-state index contributed by atoms with van der Waals surface area (Å²) >= 11 is 12.5. The summed E-state index contributed by atoms with van der Waals surface area (Å²) in [6.45, 7) is 0.609. The number of hydrogen-bond donors (Lipinski definition) is 1. The van der Waals surface area contributed by atoms with Gasteiger partial charge in [-0.2, -0.15) is 0 Å². The van der Waals surface area contributed by atoms with E-state index in [9.17, 15) is 4.79 Å². The summed E-state index contributed by atoms with van der Waals surface area (Å²) in [4.78, 5) is 12.1. The predicted octanol–water partition coefficient (Wildman–Crippen LogP) is 3.63. The molecule has 0 aliphatic rings. The van der Waals surface area contributed by atoms with Crippen LogP contribution in [-0.4, -0.2) is 31.0 Å². The molecule has 1 amide bonds. The normalized spacial score (nSPS) is 12.2. The molecule has 6 heteroatoms. The highest BCUT2D eigenvalue weighted by atomic mass is 79.9. The van der Waals surface area contributed by atoms with Gasteiger partial charge in [0.2, 0.25) is 0 Å². The monoisotopic (exact) mass is 397 g/mol. The highest BCUT2D eigenvalue weighted by molar-refractivity contribution is 9.10. The molecule has 0 radical (unpaired) electrons. The molecule has 1 aromatic carbocycles. The Balaban J connectivity index is 2.68. The van der Waals surface area contributed by atoms with E-state index >= 15 is 0 Å². The van der Waals surface area contributed by atoms with Gasteiger partial charge in [0, 0.05) is 34.6 Å². The summed E-state index contributed by atoms with van der Waals surface area (Å²) in [6.07, 6.45) is 0.763. The van der Waals surface area contributed by atoms with Gasteiger partial charge in [0.25, 0.3) is 5.91 Å². The second-order valence-electron chi connectivity index (χ2n) is 3.73. The van der Waals surface area contributed by atoms with E-state index in [-0.39, 0.29) is 11.9 Å². The molecule has 0 fully saturated rings. The highest BCUT2D eigenvalue weighted by Gasteiger charge is 2.15. The smallest absolute Gasteiger partial charge is 0.252 e. The summed E-state index contributed by atoms with van der Waals surface area (Å²) in [6, 6.07) is 5.14. The van der Waals surface area contributed by atoms with Crippen LogP contribution in [0.25, 0.3) is 0 Å². The van der Waals surface area contributed by atoms with Crippen molar-refractivity contribution in [3.63, 3.8) is 0 Å². The number of amides is 1. The van der Waals surface area contributed by atoms with E-state index < -0.39 is 0 Å². The highest BCUT2D eigenvalue weighted by Crippen LogP contribution is 2.21. The lowest BCUT2D eigenvalue weighted by molar-refractivity contribution is 0.0930. The van der Waals surface area contributed by atoms with Gasteiger partial charge >= 0.3 is 0 Å². The fourth-order valence-corrected chi connectivity index (χ4v) is 2.73. The van der Waals surface area contributed by atoms with Crippen molar-refractivity contribution in [3.8, 4) is 0 Å². The average molecular weight is 400 g/mol. The zero-order valence-electron chi connectivity index (χ0n) is 9.88. The average Bonchev–Trinajstić information content (AvgIpc) is 2.34. The largest absolute Gasteiger partial charge is 0.385 e. The van der Waals surface area contributed by atoms with Gasteiger partial charge < -0.3 is 10.1 Å². The fourth-order valence-electron chi connectivity index (χ4n) is 1.38. The predicted molar refractivity (Wildman–Crippen MR) is 80.7 cm³/mol. The molecule has 18 heavy (non-hydrogen) atoms. The number of carbonyl (C=O) groups is 1.